The van der Waals surface area contributed by atoms with Gasteiger partial charge in [-0.2, -0.15) is 0 Å². The molecular weight excluding hydrogens is 308 g/mol. The van der Waals surface area contributed by atoms with Crippen LogP contribution in [0.3, 0.4) is 0 Å². The first kappa shape index (κ1) is 14.9. The summed E-state index contributed by atoms with van der Waals surface area (Å²) in [4.78, 5) is 27.9. The molecule has 3 heterocycles. The summed E-state index contributed by atoms with van der Waals surface area (Å²) in [6.45, 7) is 5.25. The number of thiophene rings is 1. The van der Waals surface area contributed by atoms with Crippen molar-refractivity contribution in [2.75, 3.05) is 31.1 Å². The van der Waals surface area contributed by atoms with E-state index in [1.54, 1.807) is 6.33 Å². The van der Waals surface area contributed by atoms with E-state index in [0.717, 1.165) is 43.2 Å². The summed E-state index contributed by atoms with van der Waals surface area (Å²) >= 11 is 1.84. The van der Waals surface area contributed by atoms with Crippen LogP contribution in [0.2, 0.25) is 0 Å². The monoisotopic (exact) mass is 330 g/mol. The van der Waals surface area contributed by atoms with E-state index in [0.29, 0.717) is 6.42 Å². The molecule has 4 rings (SSSR count). The number of amides is 1. The van der Waals surface area contributed by atoms with Gasteiger partial charge in [-0.25, -0.2) is 9.97 Å². The second-order valence-electron chi connectivity index (χ2n) is 6.31. The first-order valence-electron chi connectivity index (χ1n) is 8.56. The van der Waals surface area contributed by atoms with Crippen LogP contribution in [0, 0.1) is 0 Å². The van der Waals surface area contributed by atoms with Gasteiger partial charge in [-0.3, -0.25) is 4.79 Å². The Bertz CT molecular complexity index is 734. The number of rotatable bonds is 2. The Morgan fingerprint density at radius 2 is 1.96 bits per heavy atom. The lowest BCUT2D eigenvalue weighted by atomic mass is 9.97. The molecule has 0 radical (unpaired) electrons. The number of aromatic nitrogens is 2. The average Bonchev–Trinajstić information content (AvgIpc) is 3.00. The molecule has 1 saturated heterocycles. The topological polar surface area (TPSA) is 49.3 Å². The highest BCUT2D eigenvalue weighted by atomic mass is 32.1. The zero-order chi connectivity index (χ0) is 15.8. The molecule has 0 atom stereocenters. The standard InChI is InChI=1S/C17H22N4OS/c1-2-14(22)20-7-9-21(10-8-20)16-15-12-5-3-4-6-13(12)23-17(15)19-11-18-16/h11H,2-10H2,1H3. The van der Waals surface area contributed by atoms with Crippen LogP contribution < -0.4 is 4.90 Å². The molecule has 0 spiro atoms. The molecule has 0 bridgehead atoms. The summed E-state index contributed by atoms with van der Waals surface area (Å²) in [6.07, 6.45) is 7.20. The minimum absolute atomic E-state index is 0.255. The molecule has 0 saturated carbocycles. The Morgan fingerprint density at radius 3 is 2.74 bits per heavy atom. The minimum Gasteiger partial charge on any atom is -0.352 e. The largest absolute Gasteiger partial charge is 0.352 e. The molecule has 1 aliphatic carbocycles. The van der Waals surface area contributed by atoms with E-state index in [-0.39, 0.29) is 5.91 Å². The predicted octanol–water partition coefficient (Wildman–Crippen LogP) is 2.63. The molecule has 2 aromatic heterocycles. The van der Waals surface area contributed by atoms with E-state index in [1.807, 2.05) is 23.2 Å². The van der Waals surface area contributed by atoms with Gasteiger partial charge in [0.05, 0.1) is 5.39 Å². The van der Waals surface area contributed by atoms with Crippen LogP contribution in [0.25, 0.3) is 10.2 Å². The molecule has 6 heteroatoms. The lowest BCUT2D eigenvalue weighted by Crippen LogP contribution is -2.49. The molecule has 0 aromatic carbocycles. The molecule has 1 amide bonds. The Hall–Kier alpha value is -1.69. The van der Waals surface area contributed by atoms with Crippen LogP contribution in [0.5, 0.6) is 0 Å². The maximum atomic E-state index is 11.9. The third-order valence-corrected chi connectivity index (χ3v) is 6.17. The second kappa shape index (κ2) is 6.07. The van der Waals surface area contributed by atoms with Crippen LogP contribution in [0.4, 0.5) is 5.82 Å². The fourth-order valence-corrected chi connectivity index (χ4v) is 4.93. The van der Waals surface area contributed by atoms with Crippen molar-refractivity contribution in [1.82, 2.24) is 14.9 Å². The Balaban J connectivity index is 1.65. The minimum atomic E-state index is 0.255. The smallest absolute Gasteiger partial charge is 0.222 e. The summed E-state index contributed by atoms with van der Waals surface area (Å²) in [5.74, 6) is 1.34. The van der Waals surface area contributed by atoms with E-state index in [4.69, 9.17) is 0 Å². The summed E-state index contributed by atoms with van der Waals surface area (Å²) in [6, 6.07) is 0. The van der Waals surface area contributed by atoms with Gasteiger partial charge in [-0.15, -0.1) is 11.3 Å². The number of hydrogen-bond acceptors (Lipinski definition) is 5. The van der Waals surface area contributed by atoms with Crippen molar-refractivity contribution in [3.63, 3.8) is 0 Å². The van der Waals surface area contributed by atoms with Gasteiger partial charge in [0.2, 0.25) is 5.91 Å². The lowest BCUT2D eigenvalue weighted by molar-refractivity contribution is -0.131. The predicted molar refractivity (Wildman–Crippen MR) is 93.1 cm³/mol. The maximum Gasteiger partial charge on any atom is 0.222 e. The van der Waals surface area contributed by atoms with Crippen molar-refractivity contribution >= 4 is 33.3 Å². The number of hydrogen-bond donors (Lipinski definition) is 0. The van der Waals surface area contributed by atoms with Crippen LogP contribution in [0.1, 0.15) is 36.6 Å². The van der Waals surface area contributed by atoms with Gasteiger partial charge in [-0.1, -0.05) is 6.92 Å². The SMILES string of the molecule is CCC(=O)N1CCN(c2ncnc3sc4c(c23)CCCC4)CC1. The summed E-state index contributed by atoms with van der Waals surface area (Å²) in [7, 11) is 0. The van der Waals surface area contributed by atoms with E-state index >= 15 is 0 Å². The molecule has 2 aromatic rings. The maximum absolute atomic E-state index is 11.9. The number of fused-ring (bicyclic) bond motifs is 3. The number of nitrogens with zero attached hydrogens (tertiary/aromatic N) is 4. The Morgan fingerprint density at radius 1 is 1.17 bits per heavy atom. The number of anilines is 1. The van der Waals surface area contributed by atoms with E-state index in [2.05, 4.69) is 14.9 Å². The molecule has 1 aliphatic heterocycles. The molecule has 2 aliphatic rings. The molecule has 23 heavy (non-hydrogen) atoms. The van der Waals surface area contributed by atoms with E-state index in [1.165, 1.54) is 35.1 Å². The van der Waals surface area contributed by atoms with Gasteiger partial charge in [-0.05, 0) is 31.2 Å². The van der Waals surface area contributed by atoms with Crippen molar-refractivity contribution in [3.05, 3.63) is 16.8 Å². The lowest BCUT2D eigenvalue weighted by Gasteiger charge is -2.35. The van der Waals surface area contributed by atoms with Gasteiger partial charge in [0.15, 0.2) is 0 Å². The van der Waals surface area contributed by atoms with Crippen LogP contribution in [-0.2, 0) is 17.6 Å². The molecule has 5 nitrogen and oxygen atoms in total. The van der Waals surface area contributed by atoms with E-state index in [9.17, 15) is 4.79 Å². The van der Waals surface area contributed by atoms with Crippen LogP contribution in [-0.4, -0.2) is 47.0 Å². The third kappa shape index (κ3) is 2.59. The first-order chi connectivity index (χ1) is 11.3. The molecule has 122 valence electrons. The normalized spacial score (nSPS) is 18.3. The van der Waals surface area contributed by atoms with Gasteiger partial charge in [0, 0.05) is 37.5 Å². The number of piperazine rings is 1. The van der Waals surface area contributed by atoms with Crippen LogP contribution >= 0.6 is 11.3 Å². The highest BCUT2D eigenvalue weighted by Gasteiger charge is 2.25. The summed E-state index contributed by atoms with van der Waals surface area (Å²) < 4.78 is 0. The highest BCUT2D eigenvalue weighted by molar-refractivity contribution is 7.19. The summed E-state index contributed by atoms with van der Waals surface area (Å²) in [5, 5.41) is 1.28. The van der Waals surface area contributed by atoms with Gasteiger partial charge < -0.3 is 9.80 Å². The second-order valence-corrected chi connectivity index (χ2v) is 7.39. The number of carbonyl (C=O) groups excluding carboxylic acids is 1. The van der Waals surface area contributed by atoms with Crippen molar-refractivity contribution in [1.29, 1.82) is 0 Å². The van der Waals surface area contributed by atoms with Crippen molar-refractivity contribution in [3.8, 4) is 0 Å². The fraction of sp³-hybridized carbons (Fsp3) is 0.588. The van der Waals surface area contributed by atoms with Crippen LogP contribution in [0.15, 0.2) is 6.33 Å². The van der Waals surface area contributed by atoms with Gasteiger partial charge in [0.25, 0.3) is 0 Å². The van der Waals surface area contributed by atoms with Crippen molar-refractivity contribution in [2.24, 2.45) is 0 Å². The Kier molecular flexibility index (Phi) is 3.93. The molecule has 1 fully saturated rings. The Labute approximate surface area is 140 Å². The van der Waals surface area contributed by atoms with Gasteiger partial charge >= 0.3 is 0 Å². The zero-order valence-corrected chi connectivity index (χ0v) is 14.4. The van der Waals surface area contributed by atoms with E-state index < -0.39 is 0 Å². The van der Waals surface area contributed by atoms with Crippen molar-refractivity contribution < 1.29 is 4.79 Å². The third-order valence-electron chi connectivity index (χ3n) is 4.97. The molecule has 0 N–H and O–H groups in total. The van der Waals surface area contributed by atoms with Crippen molar-refractivity contribution in [2.45, 2.75) is 39.0 Å². The molecule has 0 unspecified atom stereocenters. The number of carbonyl (C=O) groups is 1. The molecular formula is C17H22N4OS. The fourth-order valence-electron chi connectivity index (χ4n) is 3.70. The average molecular weight is 330 g/mol. The first-order valence-corrected chi connectivity index (χ1v) is 9.37. The van der Waals surface area contributed by atoms with Gasteiger partial charge in [0.1, 0.15) is 17.0 Å². The number of aryl methyl sites for hydroxylation is 2. The quantitative estimate of drug-likeness (QED) is 0.849. The highest BCUT2D eigenvalue weighted by Crippen LogP contribution is 2.39. The summed E-state index contributed by atoms with van der Waals surface area (Å²) in [5.41, 5.74) is 1.49. The zero-order valence-electron chi connectivity index (χ0n) is 13.5.